The van der Waals surface area contributed by atoms with Crippen molar-refractivity contribution in [2.75, 3.05) is 6.54 Å². The summed E-state index contributed by atoms with van der Waals surface area (Å²) in [6, 6.07) is 8.85. The van der Waals surface area contributed by atoms with E-state index < -0.39 is 10.0 Å². The van der Waals surface area contributed by atoms with Crippen LogP contribution in [0.3, 0.4) is 0 Å². The molecule has 1 aromatic rings. The summed E-state index contributed by atoms with van der Waals surface area (Å²) in [6.07, 6.45) is 2.17. The van der Waals surface area contributed by atoms with E-state index in [9.17, 15) is 8.42 Å². The van der Waals surface area contributed by atoms with Crippen LogP contribution >= 0.6 is 0 Å². The lowest BCUT2D eigenvalue weighted by Crippen LogP contribution is -2.33. The van der Waals surface area contributed by atoms with Crippen LogP contribution in [0.2, 0.25) is 0 Å². The molecule has 1 aliphatic carbocycles. The Morgan fingerprint density at radius 1 is 1.35 bits per heavy atom. The van der Waals surface area contributed by atoms with Gasteiger partial charge < -0.3 is 0 Å². The number of nitrogens with one attached hydrogen (secondary N) is 1. The van der Waals surface area contributed by atoms with Crippen LogP contribution in [0.4, 0.5) is 0 Å². The molecule has 2 rings (SSSR count). The maximum Gasteiger partial charge on any atom is 0.215 e. The van der Waals surface area contributed by atoms with E-state index >= 15 is 0 Å². The molecule has 5 heteroatoms. The van der Waals surface area contributed by atoms with Crippen LogP contribution in [-0.2, 0) is 15.8 Å². The van der Waals surface area contributed by atoms with Crippen LogP contribution in [0.5, 0.6) is 0 Å². The summed E-state index contributed by atoms with van der Waals surface area (Å²) < 4.78 is 27.0. The molecule has 4 nitrogen and oxygen atoms in total. The van der Waals surface area contributed by atoms with Crippen molar-refractivity contribution in [1.29, 1.82) is 5.26 Å². The number of sulfonamides is 1. The summed E-state index contributed by atoms with van der Waals surface area (Å²) in [7, 11) is -3.40. The average Bonchev–Trinajstić information content (AvgIpc) is 3.18. The third-order valence-corrected chi connectivity index (χ3v) is 5.52. The Labute approximate surface area is 120 Å². The van der Waals surface area contributed by atoms with Crippen LogP contribution in [0.15, 0.2) is 24.3 Å². The fourth-order valence-electron chi connectivity index (χ4n) is 2.38. The van der Waals surface area contributed by atoms with Gasteiger partial charge in [-0.15, -0.1) is 0 Å². The van der Waals surface area contributed by atoms with Gasteiger partial charge in [-0.1, -0.05) is 32.0 Å². The molecule has 0 radical (unpaired) electrons. The predicted octanol–water partition coefficient (Wildman–Crippen LogP) is 2.41. The van der Waals surface area contributed by atoms with E-state index in [-0.39, 0.29) is 11.2 Å². The highest BCUT2D eigenvalue weighted by molar-refractivity contribution is 7.88. The zero-order chi connectivity index (χ0) is 14.8. The predicted molar refractivity (Wildman–Crippen MR) is 78.3 cm³/mol. The van der Waals surface area contributed by atoms with Crippen LogP contribution < -0.4 is 4.72 Å². The molecule has 1 saturated carbocycles. The Balaban J connectivity index is 2.03. The summed E-state index contributed by atoms with van der Waals surface area (Å²) in [4.78, 5) is 0. The van der Waals surface area contributed by atoms with Gasteiger partial charge in [-0.3, -0.25) is 0 Å². The van der Waals surface area contributed by atoms with Gasteiger partial charge in [0.15, 0.2) is 0 Å². The lowest BCUT2D eigenvalue weighted by molar-refractivity contribution is 0.357. The lowest BCUT2D eigenvalue weighted by atomic mass is 9.93. The fraction of sp³-hybridized carbons (Fsp3) is 0.533. The summed E-state index contributed by atoms with van der Waals surface area (Å²) in [6.45, 7) is 4.76. The highest BCUT2D eigenvalue weighted by Crippen LogP contribution is 2.51. The number of rotatable bonds is 6. The van der Waals surface area contributed by atoms with E-state index in [0.29, 0.717) is 23.6 Å². The quantitative estimate of drug-likeness (QED) is 0.875. The van der Waals surface area contributed by atoms with Gasteiger partial charge in [0.2, 0.25) is 10.0 Å². The van der Waals surface area contributed by atoms with Crippen molar-refractivity contribution in [3.8, 4) is 6.07 Å². The highest BCUT2D eigenvalue weighted by Gasteiger charge is 2.45. The zero-order valence-corrected chi connectivity index (χ0v) is 12.7. The van der Waals surface area contributed by atoms with E-state index in [1.165, 1.54) is 0 Å². The van der Waals surface area contributed by atoms with Gasteiger partial charge in [0.25, 0.3) is 0 Å². The number of hydrogen-bond donors (Lipinski definition) is 1. The third kappa shape index (κ3) is 3.38. The van der Waals surface area contributed by atoms with E-state index in [1.807, 2.05) is 6.07 Å². The summed E-state index contributed by atoms with van der Waals surface area (Å²) >= 11 is 0. The van der Waals surface area contributed by atoms with Gasteiger partial charge in [-0.25, -0.2) is 13.1 Å². The van der Waals surface area contributed by atoms with Crippen molar-refractivity contribution >= 4 is 10.0 Å². The second kappa shape index (κ2) is 5.55. The van der Waals surface area contributed by atoms with Crippen LogP contribution in [0.25, 0.3) is 0 Å². The second-order valence-electron chi connectivity index (χ2n) is 5.87. The molecular formula is C15H20N2O2S. The van der Waals surface area contributed by atoms with Crippen LogP contribution in [0, 0.1) is 22.7 Å². The molecule has 0 unspecified atom stereocenters. The Hall–Kier alpha value is -1.38. The van der Waals surface area contributed by atoms with Gasteiger partial charge >= 0.3 is 0 Å². The molecule has 1 aliphatic rings. The first-order valence-corrected chi connectivity index (χ1v) is 8.49. The molecule has 0 spiro atoms. The largest absolute Gasteiger partial charge is 0.215 e. The average molecular weight is 292 g/mol. The van der Waals surface area contributed by atoms with Crippen molar-refractivity contribution in [3.63, 3.8) is 0 Å². The topological polar surface area (TPSA) is 70.0 Å². The van der Waals surface area contributed by atoms with E-state index in [4.69, 9.17) is 5.26 Å². The lowest BCUT2D eigenvalue weighted by Gasteiger charge is -2.20. The van der Waals surface area contributed by atoms with E-state index in [0.717, 1.165) is 12.8 Å². The first-order chi connectivity index (χ1) is 9.38. The summed E-state index contributed by atoms with van der Waals surface area (Å²) in [5, 5.41) is 8.99. The van der Waals surface area contributed by atoms with Crippen molar-refractivity contribution in [2.45, 2.75) is 32.4 Å². The maximum absolute atomic E-state index is 12.1. The third-order valence-electron chi connectivity index (χ3n) is 4.24. The Kier molecular flexibility index (Phi) is 4.17. The van der Waals surface area contributed by atoms with Crippen molar-refractivity contribution in [3.05, 3.63) is 35.4 Å². The number of nitrogens with zero attached hydrogens (tertiary/aromatic N) is 1. The molecule has 1 fully saturated rings. The standard InChI is InChI=1S/C15H20N2O2S/c1-12(2)15(7-8-15)11-17-20(18,19)10-14-6-4-3-5-13(14)9-16/h3-6,12,17H,7-8,10-11H2,1-2H3. The number of benzene rings is 1. The molecule has 0 bridgehead atoms. The van der Waals surface area contributed by atoms with Crippen LogP contribution in [-0.4, -0.2) is 15.0 Å². The van der Waals surface area contributed by atoms with E-state index in [1.54, 1.807) is 24.3 Å². The minimum absolute atomic E-state index is 0.134. The van der Waals surface area contributed by atoms with Gasteiger partial charge in [-0.2, -0.15) is 5.26 Å². The highest BCUT2D eigenvalue weighted by atomic mass is 32.2. The molecule has 0 aromatic heterocycles. The number of hydrogen-bond acceptors (Lipinski definition) is 3. The van der Waals surface area contributed by atoms with Gasteiger partial charge in [0.05, 0.1) is 17.4 Å². The molecule has 0 amide bonds. The van der Waals surface area contributed by atoms with Crippen molar-refractivity contribution < 1.29 is 8.42 Å². The first-order valence-electron chi connectivity index (χ1n) is 6.84. The Morgan fingerprint density at radius 3 is 2.55 bits per heavy atom. The summed E-state index contributed by atoms with van der Waals surface area (Å²) in [5.41, 5.74) is 1.11. The Bertz CT molecular complexity index is 626. The van der Waals surface area contributed by atoms with Gasteiger partial charge in [-0.05, 0) is 35.8 Å². The smallest absolute Gasteiger partial charge is 0.214 e. The normalized spacial score (nSPS) is 16.9. The SMILES string of the molecule is CC(C)C1(CNS(=O)(=O)Cc2ccccc2C#N)CC1. The van der Waals surface area contributed by atoms with E-state index in [2.05, 4.69) is 18.6 Å². The first kappa shape index (κ1) is 15.0. The second-order valence-corrected chi connectivity index (χ2v) is 7.67. The zero-order valence-electron chi connectivity index (χ0n) is 11.9. The maximum atomic E-state index is 12.1. The summed E-state index contributed by atoms with van der Waals surface area (Å²) in [5.74, 6) is 0.349. The molecule has 0 aliphatic heterocycles. The fourth-order valence-corrected chi connectivity index (χ4v) is 3.65. The van der Waals surface area contributed by atoms with Crippen LogP contribution in [0.1, 0.15) is 37.8 Å². The van der Waals surface area contributed by atoms with Crippen molar-refractivity contribution in [2.24, 2.45) is 11.3 Å². The molecule has 1 aromatic carbocycles. The molecule has 0 heterocycles. The monoisotopic (exact) mass is 292 g/mol. The molecule has 0 atom stereocenters. The minimum Gasteiger partial charge on any atom is -0.214 e. The molecule has 20 heavy (non-hydrogen) atoms. The number of nitriles is 1. The molecule has 1 N–H and O–H groups in total. The van der Waals surface area contributed by atoms with Gasteiger partial charge in [0, 0.05) is 6.54 Å². The van der Waals surface area contributed by atoms with Crippen molar-refractivity contribution in [1.82, 2.24) is 4.72 Å². The molecule has 108 valence electrons. The molecular weight excluding hydrogens is 272 g/mol. The Morgan fingerprint density at radius 2 is 2.00 bits per heavy atom. The molecule has 0 saturated heterocycles. The minimum atomic E-state index is -3.40. The van der Waals surface area contributed by atoms with Gasteiger partial charge in [0.1, 0.15) is 0 Å².